The summed E-state index contributed by atoms with van der Waals surface area (Å²) in [6.45, 7) is 5.64. The molecule has 1 aliphatic heterocycles. The molecule has 2 heterocycles. The van der Waals surface area contributed by atoms with Crippen molar-refractivity contribution in [1.29, 1.82) is 0 Å². The summed E-state index contributed by atoms with van der Waals surface area (Å²) in [6.07, 6.45) is 1.19. The first-order valence-electron chi connectivity index (χ1n) is 8.50. The minimum Gasteiger partial charge on any atom is -0.490 e. The molecule has 3 unspecified atom stereocenters. The van der Waals surface area contributed by atoms with Crippen LogP contribution in [-0.4, -0.2) is 24.4 Å². The third kappa shape index (κ3) is 4.29. The van der Waals surface area contributed by atoms with Crippen molar-refractivity contribution in [2.75, 3.05) is 13.2 Å². The van der Waals surface area contributed by atoms with E-state index in [1.807, 2.05) is 23.6 Å². The fraction of sp³-hybridized carbons (Fsp3) is 0.474. The van der Waals surface area contributed by atoms with E-state index >= 15 is 0 Å². The van der Waals surface area contributed by atoms with Gasteiger partial charge in [-0.1, -0.05) is 12.1 Å². The summed E-state index contributed by atoms with van der Waals surface area (Å²) < 4.78 is 11.4. The molecular weight excluding hydrogens is 322 g/mol. The van der Waals surface area contributed by atoms with Gasteiger partial charge in [-0.3, -0.25) is 0 Å². The summed E-state index contributed by atoms with van der Waals surface area (Å²) in [5, 5.41) is 15.8. The number of aliphatic hydroxyl groups excluding tert-OH is 1. The molecule has 3 rings (SSSR count). The highest BCUT2D eigenvalue weighted by Crippen LogP contribution is 2.32. The molecular formula is C19H25NO3S. The maximum Gasteiger partial charge on any atom is 0.161 e. The first kappa shape index (κ1) is 17.3. The molecule has 0 aliphatic carbocycles. The highest BCUT2D eigenvalue weighted by Gasteiger charge is 2.17. The van der Waals surface area contributed by atoms with Gasteiger partial charge < -0.3 is 19.9 Å². The maximum absolute atomic E-state index is 10.3. The number of benzene rings is 1. The number of hydrogen-bond donors (Lipinski definition) is 2. The lowest BCUT2D eigenvalue weighted by atomic mass is 10.0. The van der Waals surface area contributed by atoms with Crippen LogP contribution in [0.15, 0.2) is 35.7 Å². The number of hydrogen-bond acceptors (Lipinski definition) is 5. The molecule has 0 bridgehead atoms. The van der Waals surface area contributed by atoms with Gasteiger partial charge in [0, 0.05) is 23.4 Å². The van der Waals surface area contributed by atoms with Gasteiger partial charge in [0.25, 0.3) is 0 Å². The van der Waals surface area contributed by atoms with Gasteiger partial charge in [-0.25, -0.2) is 0 Å². The molecule has 1 aromatic heterocycles. The number of nitrogens with one attached hydrogen (secondary N) is 1. The molecule has 2 aromatic rings. The van der Waals surface area contributed by atoms with Crippen LogP contribution in [0, 0.1) is 0 Å². The van der Waals surface area contributed by atoms with Crippen LogP contribution in [0.4, 0.5) is 0 Å². The summed E-state index contributed by atoms with van der Waals surface area (Å²) in [5.74, 6) is 1.65. The zero-order valence-electron chi connectivity index (χ0n) is 14.2. The van der Waals surface area contributed by atoms with Gasteiger partial charge in [-0.05, 0) is 49.4 Å². The van der Waals surface area contributed by atoms with Crippen molar-refractivity contribution in [3.63, 3.8) is 0 Å². The monoisotopic (exact) mass is 347 g/mol. The van der Waals surface area contributed by atoms with Crippen LogP contribution in [-0.2, 0) is 0 Å². The van der Waals surface area contributed by atoms with E-state index in [1.54, 1.807) is 11.3 Å². The molecule has 4 nitrogen and oxygen atoms in total. The topological polar surface area (TPSA) is 50.7 Å². The third-order valence-electron chi connectivity index (χ3n) is 4.25. The summed E-state index contributed by atoms with van der Waals surface area (Å²) in [5.41, 5.74) is 1.16. The molecule has 2 N–H and O–H groups in total. The van der Waals surface area contributed by atoms with Crippen molar-refractivity contribution in [2.24, 2.45) is 0 Å². The van der Waals surface area contributed by atoms with Crippen LogP contribution < -0.4 is 14.8 Å². The van der Waals surface area contributed by atoms with Gasteiger partial charge >= 0.3 is 0 Å². The van der Waals surface area contributed by atoms with Crippen LogP contribution >= 0.6 is 11.3 Å². The highest BCUT2D eigenvalue weighted by atomic mass is 32.1. The molecule has 5 heteroatoms. The predicted molar refractivity (Wildman–Crippen MR) is 97.0 cm³/mol. The van der Waals surface area contributed by atoms with E-state index in [4.69, 9.17) is 9.47 Å². The molecule has 1 aliphatic rings. The van der Waals surface area contributed by atoms with Gasteiger partial charge in [0.15, 0.2) is 11.5 Å². The average Bonchev–Trinajstić information content (AvgIpc) is 3.00. The smallest absolute Gasteiger partial charge is 0.161 e. The van der Waals surface area contributed by atoms with E-state index in [2.05, 4.69) is 31.3 Å². The number of rotatable bonds is 6. The van der Waals surface area contributed by atoms with Crippen molar-refractivity contribution < 1.29 is 14.6 Å². The second kappa shape index (κ2) is 8.01. The second-order valence-electron chi connectivity index (χ2n) is 6.31. The molecule has 0 saturated carbocycles. The lowest BCUT2D eigenvalue weighted by molar-refractivity contribution is 0.155. The SMILES string of the molecule is CC(CC(O)c1cccs1)NC(C)c1ccc2c(c1)OCCCO2. The van der Waals surface area contributed by atoms with Crippen LogP contribution in [0.2, 0.25) is 0 Å². The van der Waals surface area contributed by atoms with Crippen molar-refractivity contribution >= 4 is 11.3 Å². The molecule has 3 atom stereocenters. The zero-order valence-corrected chi connectivity index (χ0v) is 15.0. The Morgan fingerprint density at radius 2 is 1.96 bits per heavy atom. The van der Waals surface area contributed by atoms with Crippen LogP contribution in [0.5, 0.6) is 11.5 Å². The molecule has 130 valence electrons. The Kier molecular flexibility index (Phi) is 5.76. The zero-order chi connectivity index (χ0) is 16.9. The van der Waals surface area contributed by atoms with Gasteiger partial charge in [0.05, 0.1) is 19.3 Å². The quantitative estimate of drug-likeness (QED) is 0.827. The van der Waals surface area contributed by atoms with Crippen molar-refractivity contribution in [1.82, 2.24) is 5.32 Å². The minimum atomic E-state index is -0.413. The molecule has 0 fully saturated rings. The van der Waals surface area contributed by atoms with Gasteiger partial charge in [-0.15, -0.1) is 11.3 Å². The molecule has 0 radical (unpaired) electrons. The van der Waals surface area contributed by atoms with E-state index in [1.165, 1.54) is 0 Å². The Balaban J connectivity index is 1.60. The fourth-order valence-corrected chi connectivity index (χ4v) is 3.70. The van der Waals surface area contributed by atoms with Crippen LogP contribution in [0.25, 0.3) is 0 Å². The normalized spacial score (nSPS) is 17.8. The van der Waals surface area contributed by atoms with Gasteiger partial charge in [0.1, 0.15) is 0 Å². The van der Waals surface area contributed by atoms with Gasteiger partial charge in [-0.2, -0.15) is 0 Å². The number of thiophene rings is 1. The summed E-state index contributed by atoms with van der Waals surface area (Å²) in [4.78, 5) is 1.02. The predicted octanol–water partition coefficient (Wildman–Crippen LogP) is 4.07. The van der Waals surface area contributed by atoms with E-state index in [-0.39, 0.29) is 12.1 Å². The third-order valence-corrected chi connectivity index (χ3v) is 5.23. The largest absolute Gasteiger partial charge is 0.490 e. The van der Waals surface area contributed by atoms with Crippen LogP contribution in [0.3, 0.4) is 0 Å². The van der Waals surface area contributed by atoms with E-state index in [0.717, 1.165) is 28.4 Å². The number of ether oxygens (including phenoxy) is 2. The Bertz CT molecular complexity index is 644. The Labute approximate surface area is 147 Å². The average molecular weight is 347 g/mol. The number of fused-ring (bicyclic) bond motifs is 1. The number of aliphatic hydroxyl groups is 1. The summed E-state index contributed by atoms with van der Waals surface area (Å²) in [7, 11) is 0. The van der Waals surface area contributed by atoms with Crippen molar-refractivity contribution in [3.05, 3.63) is 46.2 Å². The minimum absolute atomic E-state index is 0.174. The maximum atomic E-state index is 10.3. The standard InChI is InChI=1S/C19H25NO3S/c1-13(11-16(21)19-5-3-10-24-19)20-14(2)15-6-7-17-18(12-15)23-9-4-8-22-17/h3,5-7,10,12-14,16,20-21H,4,8-9,11H2,1-2H3. The Morgan fingerprint density at radius 3 is 2.71 bits per heavy atom. The van der Waals surface area contributed by atoms with E-state index in [9.17, 15) is 5.11 Å². The van der Waals surface area contributed by atoms with Crippen molar-refractivity contribution in [3.8, 4) is 11.5 Å². The molecule has 0 saturated heterocycles. The highest BCUT2D eigenvalue weighted by molar-refractivity contribution is 7.10. The van der Waals surface area contributed by atoms with Crippen LogP contribution in [0.1, 0.15) is 49.3 Å². The molecule has 0 amide bonds. The van der Waals surface area contributed by atoms with E-state index < -0.39 is 6.10 Å². The fourth-order valence-electron chi connectivity index (χ4n) is 2.97. The molecule has 0 spiro atoms. The lowest BCUT2D eigenvalue weighted by Gasteiger charge is -2.23. The molecule has 1 aromatic carbocycles. The summed E-state index contributed by atoms with van der Waals surface area (Å²) in [6, 6.07) is 10.4. The molecule has 24 heavy (non-hydrogen) atoms. The Morgan fingerprint density at radius 1 is 1.17 bits per heavy atom. The first-order chi connectivity index (χ1) is 11.6. The second-order valence-corrected chi connectivity index (χ2v) is 7.29. The first-order valence-corrected chi connectivity index (χ1v) is 9.38. The van der Waals surface area contributed by atoms with E-state index in [0.29, 0.717) is 19.6 Å². The lowest BCUT2D eigenvalue weighted by Crippen LogP contribution is -2.30. The van der Waals surface area contributed by atoms with Gasteiger partial charge in [0.2, 0.25) is 0 Å². The van der Waals surface area contributed by atoms with Crippen molar-refractivity contribution in [2.45, 2.75) is 44.9 Å². The Hall–Kier alpha value is -1.56. The summed E-state index contributed by atoms with van der Waals surface area (Å²) >= 11 is 1.60.